The quantitative estimate of drug-likeness (QED) is 0.877. The molecule has 0 amide bonds. The van der Waals surface area contributed by atoms with Crippen molar-refractivity contribution in [3.8, 4) is 17.6 Å². The molecule has 0 spiro atoms. The molecule has 0 aromatic heterocycles. The van der Waals surface area contributed by atoms with Gasteiger partial charge in [0.05, 0.1) is 12.1 Å². The molecule has 0 radical (unpaired) electrons. The third kappa shape index (κ3) is 4.08. The van der Waals surface area contributed by atoms with E-state index in [1.807, 2.05) is 6.07 Å². The molecule has 0 atom stereocenters. The molecule has 2 aromatic rings. The summed E-state index contributed by atoms with van der Waals surface area (Å²) >= 11 is 0. The van der Waals surface area contributed by atoms with Gasteiger partial charge in [0.25, 0.3) is 0 Å². The lowest BCUT2D eigenvalue weighted by Crippen LogP contribution is -1.98. The molecule has 0 heterocycles. The second-order valence-corrected chi connectivity index (χ2v) is 4.85. The van der Waals surface area contributed by atoms with Crippen LogP contribution in [0.5, 0.6) is 5.75 Å². The minimum Gasteiger partial charge on any atom is -0.489 e. The number of halogens is 1. The van der Waals surface area contributed by atoms with Crippen LogP contribution in [-0.2, 0) is 6.61 Å². The van der Waals surface area contributed by atoms with Crippen LogP contribution >= 0.6 is 0 Å². The van der Waals surface area contributed by atoms with Gasteiger partial charge in [0, 0.05) is 6.07 Å². The molecule has 108 valence electrons. The minimum atomic E-state index is -0.395. The highest BCUT2D eigenvalue weighted by Crippen LogP contribution is 2.18. The van der Waals surface area contributed by atoms with Crippen molar-refractivity contribution >= 4 is 0 Å². The summed E-state index contributed by atoms with van der Waals surface area (Å²) < 4.78 is 19.4. The van der Waals surface area contributed by atoms with Gasteiger partial charge in [0.1, 0.15) is 18.2 Å². The number of benzene rings is 2. The van der Waals surface area contributed by atoms with Gasteiger partial charge in [-0.05, 0) is 42.7 Å². The van der Waals surface area contributed by atoms with Crippen LogP contribution in [0, 0.1) is 31.5 Å². The van der Waals surface area contributed by atoms with E-state index in [1.54, 1.807) is 12.1 Å². The number of rotatable bonds is 3. The highest BCUT2D eigenvalue weighted by molar-refractivity contribution is 5.40. The van der Waals surface area contributed by atoms with Crippen molar-refractivity contribution in [2.45, 2.75) is 20.5 Å². The Morgan fingerprint density at radius 1 is 1.10 bits per heavy atom. The Kier molecular flexibility index (Phi) is 4.97. The molecule has 21 heavy (non-hydrogen) atoms. The van der Waals surface area contributed by atoms with Crippen LogP contribution in [0.15, 0.2) is 36.4 Å². The summed E-state index contributed by atoms with van der Waals surface area (Å²) in [5.74, 6) is 5.41. The molecule has 2 N–H and O–H groups in total. The molecule has 2 aromatic carbocycles. The number of aryl methyl sites for hydroxylation is 2. The first kappa shape index (κ1) is 15.1. The fraction of sp³-hybridized carbons (Fsp3) is 0.222. The van der Waals surface area contributed by atoms with Gasteiger partial charge in [-0.1, -0.05) is 30.0 Å². The highest BCUT2D eigenvalue weighted by Gasteiger charge is 2.03. The molecule has 0 unspecified atom stereocenters. The van der Waals surface area contributed by atoms with Crippen LogP contribution < -0.4 is 10.5 Å². The van der Waals surface area contributed by atoms with Gasteiger partial charge in [0.2, 0.25) is 0 Å². The zero-order chi connectivity index (χ0) is 15.2. The Balaban J connectivity index is 2.06. The van der Waals surface area contributed by atoms with Gasteiger partial charge in [-0.15, -0.1) is 0 Å². The smallest absolute Gasteiger partial charge is 0.142 e. The first-order valence-corrected chi connectivity index (χ1v) is 6.77. The van der Waals surface area contributed by atoms with Crippen LogP contribution in [0.4, 0.5) is 4.39 Å². The van der Waals surface area contributed by atoms with Crippen LogP contribution in [0.25, 0.3) is 0 Å². The number of ether oxygens (including phenoxy) is 1. The van der Waals surface area contributed by atoms with Crippen molar-refractivity contribution in [2.75, 3.05) is 6.54 Å². The monoisotopic (exact) mass is 283 g/mol. The fourth-order valence-electron chi connectivity index (χ4n) is 1.89. The molecular formula is C18H18FNO. The first-order valence-electron chi connectivity index (χ1n) is 6.77. The molecular weight excluding hydrogens is 265 g/mol. The maximum Gasteiger partial charge on any atom is 0.142 e. The Morgan fingerprint density at radius 2 is 1.90 bits per heavy atom. The second-order valence-electron chi connectivity index (χ2n) is 4.85. The maximum absolute atomic E-state index is 13.8. The normalized spacial score (nSPS) is 9.90. The minimum absolute atomic E-state index is 0.213. The molecule has 2 nitrogen and oxygen atoms in total. The summed E-state index contributed by atoms with van der Waals surface area (Å²) in [7, 11) is 0. The summed E-state index contributed by atoms with van der Waals surface area (Å²) in [6.45, 7) is 4.75. The first-order chi connectivity index (χ1) is 10.1. The van der Waals surface area contributed by atoms with Crippen molar-refractivity contribution in [1.82, 2.24) is 0 Å². The number of nitrogens with two attached hydrogens (primary N) is 1. The van der Waals surface area contributed by atoms with Gasteiger partial charge in [-0.25, -0.2) is 4.39 Å². The van der Waals surface area contributed by atoms with E-state index in [9.17, 15) is 4.39 Å². The van der Waals surface area contributed by atoms with Crippen molar-refractivity contribution in [3.05, 3.63) is 64.5 Å². The van der Waals surface area contributed by atoms with E-state index in [2.05, 4.69) is 37.8 Å². The van der Waals surface area contributed by atoms with Crippen molar-refractivity contribution < 1.29 is 9.13 Å². The summed E-state index contributed by atoms with van der Waals surface area (Å²) in [6, 6.07) is 10.8. The standard InChI is InChI=1S/C18H18FNO/c1-13-5-6-15(10-14(13)2)12-21-17-8-7-16(4-3-9-20)18(19)11-17/h5-8,10-11H,9,12,20H2,1-2H3. The zero-order valence-electron chi connectivity index (χ0n) is 12.2. The SMILES string of the molecule is Cc1ccc(COc2ccc(C#CCN)c(F)c2)cc1C. The Bertz CT molecular complexity index is 698. The second kappa shape index (κ2) is 6.92. The largest absolute Gasteiger partial charge is 0.489 e. The van der Waals surface area contributed by atoms with Crippen molar-refractivity contribution in [2.24, 2.45) is 5.73 Å². The van der Waals surface area contributed by atoms with Crippen LogP contribution in [-0.4, -0.2) is 6.54 Å². The van der Waals surface area contributed by atoms with Crippen molar-refractivity contribution in [1.29, 1.82) is 0 Å². The van der Waals surface area contributed by atoms with Crippen LogP contribution in [0.1, 0.15) is 22.3 Å². The van der Waals surface area contributed by atoms with E-state index >= 15 is 0 Å². The third-order valence-electron chi connectivity index (χ3n) is 3.24. The molecule has 0 fully saturated rings. The molecule has 2 rings (SSSR count). The predicted molar refractivity (Wildman–Crippen MR) is 82.6 cm³/mol. The van der Waals surface area contributed by atoms with Gasteiger partial charge in [0.15, 0.2) is 0 Å². The van der Waals surface area contributed by atoms with Crippen LogP contribution in [0.3, 0.4) is 0 Å². The van der Waals surface area contributed by atoms with E-state index in [-0.39, 0.29) is 6.54 Å². The molecule has 3 heteroatoms. The number of hydrogen-bond donors (Lipinski definition) is 1. The lowest BCUT2D eigenvalue weighted by Gasteiger charge is -2.08. The Morgan fingerprint density at radius 3 is 2.57 bits per heavy atom. The average Bonchev–Trinajstić information content (AvgIpc) is 2.47. The van der Waals surface area contributed by atoms with Gasteiger partial charge in [-0.2, -0.15) is 0 Å². The molecule has 0 aliphatic rings. The number of hydrogen-bond acceptors (Lipinski definition) is 2. The highest BCUT2D eigenvalue weighted by atomic mass is 19.1. The zero-order valence-corrected chi connectivity index (χ0v) is 12.2. The van der Waals surface area contributed by atoms with Crippen LogP contribution in [0.2, 0.25) is 0 Å². The molecule has 0 saturated carbocycles. The van der Waals surface area contributed by atoms with Crippen molar-refractivity contribution in [3.63, 3.8) is 0 Å². The summed E-state index contributed by atoms with van der Waals surface area (Å²) in [5.41, 5.74) is 9.12. The Hall–Kier alpha value is -2.31. The van der Waals surface area contributed by atoms with E-state index in [0.717, 1.165) is 5.56 Å². The third-order valence-corrected chi connectivity index (χ3v) is 3.24. The van der Waals surface area contributed by atoms with Gasteiger partial charge < -0.3 is 10.5 Å². The summed E-state index contributed by atoms with van der Waals surface area (Å²) in [4.78, 5) is 0. The molecule has 0 aliphatic heterocycles. The molecule has 0 aliphatic carbocycles. The molecule has 0 bridgehead atoms. The summed E-state index contributed by atoms with van der Waals surface area (Å²) in [5, 5.41) is 0. The lowest BCUT2D eigenvalue weighted by atomic mass is 10.1. The topological polar surface area (TPSA) is 35.2 Å². The van der Waals surface area contributed by atoms with Gasteiger partial charge >= 0.3 is 0 Å². The average molecular weight is 283 g/mol. The van der Waals surface area contributed by atoms with E-state index < -0.39 is 5.82 Å². The fourth-order valence-corrected chi connectivity index (χ4v) is 1.89. The summed E-state index contributed by atoms with van der Waals surface area (Å²) in [6.07, 6.45) is 0. The van der Waals surface area contributed by atoms with Gasteiger partial charge in [-0.3, -0.25) is 0 Å². The Labute approximate surface area is 124 Å². The van der Waals surface area contributed by atoms with E-state index in [0.29, 0.717) is 17.9 Å². The van der Waals surface area contributed by atoms with E-state index in [1.165, 1.54) is 17.2 Å². The molecule has 0 saturated heterocycles. The lowest BCUT2D eigenvalue weighted by molar-refractivity contribution is 0.304. The predicted octanol–water partition coefficient (Wildman–Crippen LogP) is 3.33. The van der Waals surface area contributed by atoms with E-state index in [4.69, 9.17) is 10.5 Å². The maximum atomic E-state index is 13.8.